The molecule has 8 aromatic carbocycles. The van der Waals surface area contributed by atoms with Gasteiger partial charge in [0, 0.05) is 16.5 Å². The van der Waals surface area contributed by atoms with Crippen molar-refractivity contribution >= 4 is 54.0 Å². The summed E-state index contributed by atoms with van der Waals surface area (Å²) < 4.78 is 1.24. The van der Waals surface area contributed by atoms with Crippen molar-refractivity contribution in [1.29, 1.82) is 0 Å². The zero-order chi connectivity index (χ0) is 34.6. The number of hydrogen-bond donors (Lipinski definition) is 0. The molecule has 0 aliphatic rings. The van der Waals surface area contributed by atoms with Crippen molar-refractivity contribution < 1.29 is 0 Å². The molecule has 0 bridgehead atoms. The van der Waals surface area contributed by atoms with Gasteiger partial charge in [0.25, 0.3) is 0 Å². The summed E-state index contributed by atoms with van der Waals surface area (Å²) in [6, 6.07) is 63.4. The second kappa shape index (κ2) is 12.4. The van der Waals surface area contributed by atoms with Crippen LogP contribution in [0.4, 0.5) is 0 Å². The maximum Gasteiger partial charge on any atom is 0.0908 e. The number of hydrogen-bond acceptors (Lipinski definition) is 3. The van der Waals surface area contributed by atoms with Crippen LogP contribution in [-0.4, -0.2) is 9.97 Å². The second-order valence-electron chi connectivity index (χ2n) is 13.4. The van der Waals surface area contributed by atoms with Crippen molar-refractivity contribution in [3.8, 4) is 55.8 Å². The lowest BCUT2D eigenvalue weighted by Crippen LogP contribution is -1.92. The molecular formula is C49H32N2S. The van der Waals surface area contributed by atoms with E-state index in [1.54, 1.807) is 11.3 Å². The smallest absolute Gasteiger partial charge is 0.0908 e. The summed E-state index contributed by atoms with van der Waals surface area (Å²) in [5.74, 6) is 0. The molecule has 0 atom stereocenters. The Balaban J connectivity index is 1.13. The van der Waals surface area contributed by atoms with Crippen molar-refractivity contribution in [2.24, 2.45) is 0 Å². The fourth-order valence-electron chi connectivity index (χ4n) is 7.78. The van der Waals surface area contributed by atoms with E-state index in [1.165, 1.54) is 65.2 Å². The summed E-state index contributed by atoms with van der Waals surface area (Å²) in [4.78, 5) is 10.0. The van der Waals surface area contributed by atoms with Crippen LogP contribution in [0.15, 0.2) is 176 Å². The number of rotatable bonds is 5. The molecule has 2 nitrogen and oxygen atoms in total. The summed E-state index contributed by atoms with van der Waals surface area (Å²) in [6.07, 6.45) is 0. The van der Waals surface area contributed by atoms with Gasteiger partial charge in [-0.2, -0.15) is 0 Å². The largest absolute Gasteiger partial charge is 0.248 e. The standard InChI is InChI=1S/C49H32N2S/c1-31-50-46-29-37-15-6-8-19-40(37)48(49(46)52-31)35-24-22-34(23-25-35)47-39-18-7-5-14-33(39)26-27-41(47)36-16-11-17-38(28-36)45-30-43(32-12-3-2-4-13-32)42-20-9-10-21-44(42)51-45/h2-30H,1H3. The molecule has 0 fully saturated rings. The third kappa shape index (κ3) is 5.17. The minimum absolute atomic E-state index is 0.964. The Labute approximate surface area is 306 Å². The normalized spacial score (nSPS) is 11.6. The highest BCUT2D eigenvalue weighted by atomic mass is 32.1. The van der Waals surface area contributed by atoms with Gasteiger partial charge in [0.1, 0.15) is 0 Å². The highest BCUT2D eigenvalue weighted by molar-refractivity contribution is 7.19. The Morgan fingerprint density at radius 1 is 0.385 bits per heavy atom. The summed E-state index contributed by atoms with van der Waals surface area (Å²) in [7, 11) is 0. The third-order valence-electron chi connectivity index (χ3n) is 10.2. The van der Waals surface area contributed by atoms with Crippen molar-refractivity contribution in [2.45, 2.75) is 6.92 Å². The van der Waals surface area contributed by atoms with Crippen molar-refractivity contribution in [2.75, 3.05) is 0 Å². The van der Waals surface area contributed by atoms with Crippen LogP contribution in [0.2, 0.25) is 0 Å². The van der Waals surface area contributed by atoms with Gasteiger partial charge >= 0.3 is 0 Å². The predicted molar refractivity (Wildman–Crippen MR) is 222 cm³/mol. The minimum Gasteiger partial charge on any atom is -0.248 e. The first-order valence-corrected chi connectivity index (χ1v) is 18.5. The van der Waals surface area contributed by atoms with Crippen molar-refractivity contribution in [3.63, 3.8) is 0 Å². The number of aryl methyl sites for hydroxylation is 1. The van der Waals surface area contributed by atoms with Gasteiger partial charge in [0.15, 0.2) is 0 Å². The fourth-order valence-corrected chi connectivity index (χ4v) is 8.76. The van der Waals surface area contributed by atoms with Crippen LogP contribution in [0.5, 0.6) is 0 Å². The lowest BCUT2D eigenvalue weighted by atomic mass is 9.88. The first-order chi connectivity index (χ1) is 25.7. The molecule has 0 aliphatic heterocycles. The first-order valence-electron chi connectivity index (χ1n) is 17.7. The fraction of sp³-hybridized carbons (Fsp3) is 0.0204. The molecule has 2 aromatic heterocycles. The van der Waals surface area contributed by atoms with E-state index < -0.39 is 0 Å². The van der Waals surface area contributed by atoms with Gasteiger partial charge < -0.3 is 0 Å². The highest BCUT2D eigenvalue weighted by Crippen LogP contribution is 2.43. The molecule has 10 aromatic rings. The maximum absolute atomic E-state index is 5.18. The molecular weight excluding hydrogens is 649 g/mol. The van der Waals surface area contributed by atoms with Crippen LogP contribution in [0.25, 0.3) is 98.4 Å². The SMILES string of the molecule is Cc1nc2cc3ccccc3c(-c3ccc(-c4c(-c5cccc(-c6cc(-c7ccccc7)c7ccccc7n6)c5)ccc5ccccc45)cc3)c2s1. The van der Waals surface area contributed by atoms with E-state index in [0.29, 0.717) is 0 Å². The van der Waals surface area contributed by atoms with E-state index in [-0.39, 0.29) is 0 Å². The number of benzene rings is 8. The number of nitrogens with zero attached hydrogens (tertiary/aromatic N) is 2. The number of thiazole rings is 1. The van der Waals surface area contributed by atoms with Crippen molar-refractivity contribution in [1.82, 2.24) is 9.97 Å². The van der Waals surface area contributed by atoms with Crippen molar-refractivity contribution in [3.05, 3.63) is 181 Å². The number of pyridine rings is 1. The zero-order valence-corrected chi connectivity index (χ0v) is 29.4. The lowest BCUT2D eigenvalue weighted by Gasteiger charge is -2.16. The molecule has 0 radical (unpaired) electrons. The number of aromatic nitrogens is 2. The molecule has 0 aliphatic carbocycles. The molecule has 0 saturated heterocycles. The van der Waals surface area contributed by atoms with Gasteiger partial charge in [-0.15, -0.1) is 11.3 Å². The molecule has 52 heavy (non-hydrogen) atoms. The molecule has 0 saturated carbocycles. The van der Waals surface area contributed by atoms with Gasteiger partial charge in [-0.25, -0.2) is 9.97 Å². The Hall–Kier alpha value is -6.42. The zero-order valence-electron chi connectivity index (χ0n) is 28.5. The average molecular weight is 681 g/mol. The third-order valence-corrected chi connectivity index (χ3v) is 11.2. The van der Waals surface area contributed by atoms with Gasteiger partial charge in [0.2, 0.25) is 0 Å². The number of fused-ring (bicyclic) bond motifs is 4. The summed E-state index contributed by atoms with van der Waals surface area (Å²) in [6.45, 7) is 2.09. The molecule has 0 amide bonds. The Bertz CT molecular complexity index is 2960. The maximum atomic E-state index is 5.18. The van der Waals surface area contributed by atoms with Gasteiger partial charge in [0.05, 0.1) is 26.4 Å². The van der Waals surface area contributed by atoms with Crippen LogP contribution in [0.1, 0.15) is 5.01 Å². The van der Waals surface area contributed by atoms with E-state index in [0.717, 1.165) is 38.2 Å². The summed E-state index contributed by atoms with van der Waals surface area (Å²) in [5.41, 5.74) is 13.7. The van der Waals surface area contributed by atoms with E-state index in [1.807, 2.05) is 0 Å². The second-order valence-corrected chi connectivity index (χ2v) is 14.6. The van der Waals surface area contributed by atoms with Crippen LogP contribution in [-0.2, 0) is 0 Å². The van der Waals surface area contributed by atoms with Crippen LogP contribution >= 0.6 is 11.3 Å². The van der Waals surface area contributed by atoms with Gasteiger partial charge in [-0.1, -0.05) is 152 Å². The average Bonchev–Trinajstić information content (AvgIpc) is 3.58. The van der Waals surface area contributed by atoms with Crippen LogP contribution in [0.3, 0.4) is 0 Å². The molecule has 2 heterocycles. The lowest BCUT2D eigenvalue weighted by molar-refractivity contribution is 1.35. The van der Waals surface area contributed by atoms with Gasteiger partial charge in [-0.05, 0) is 91.7 Å². The topological polar surface area (TPSA) is 25.8 Å². The molecule has 0 unspecified atom stereocenters. The first kappa shape index (κ1) is 30.4. The summed E-state index contributed by atoms with van der Waals surface area (Å²) >= 11 is 1.77. The Morgan fingerprint density at radius 3 is 1.83 bits per heavy atom. The van der Waals surface area contributed by atoms with E-state index in [2.05, 4.69) is 183 Å². The van der Waals surface area contributed by atoms with E-state index in [9.17, 15) is 0 Å². The van der Waals surface area contributed by atoms with Crippen LogP contribution < -0.4 is 0 Å². The molecule has 3 heteroatoms. The molecule has 0 spiro atoms. The highest BCUT2D eigenvalue weighted by Gasteiger charge is 2.17. The van der Waals surface area contributed by atoms with Crippen LogP contribution in [0, 0.1) is 6.92 Å². The van der Waals surface area contributed by atoms with Gasteiger partial charge in [-0.3, -0.25) is 0 Å². The van der Waals surface area contributed by atoms with E-state index >= 15 is 0 Å². The quantitative estimate of drug-likeness (QED) is 0.181. The Morgan fingerprint density at radius 2 is 1.02 bits per heavy atom. The monoisotopic (exact) mass is 680 g/mol. The van der Waals surface area contributed by atoms with E-state index in [4.69, 9.17) is 9.97 Å². The minimum atomic E-state index is 0.964. The summed E-state index contributed by atoms with van der Waals surface area (Å²) in [5, 5.41) is 7.17. The molecule has 10 rings (SSSR count). The number of para-hydroxylation sites is 1. The molecule has 244 valence electrons. The molecule has 0 N–H and O–H groups in total. The predicted octanol–water partition coefficient (Wildman–Crippen LogP) is 13.8. The Kier molecular flexibility index (Phi) is 7.26.